The maximum absolute atomic E-state index is 13.2. The zero-order chi connectivity index (χ0) is 25.6. The van der Waals surface area contributed by atoms with Crippen LogP contribution in [0.1, 0.15) is 38.7 Å². The van der Waals surface area contributed by atoms with Crippen LogP contribution in [0.4, 0.5) is 11.4 Å². The van der Waals surface area contributed by atoms with Gasteiger partial charge in [-0.3, -0.25) is 25.1 Å². The number of benzene rings is 2. The van der Waals surface area contributed by atoms with Gasteiger partial charge in [-0.1, -0.05) is 30.3 Å². The Morgan fingerprint density at radius 1 is 1.09 bits per heavy atom. The lowest BCUT2D eigenvalue weighted by atomic mass is 9.61. The summed E-state index contributed by atoms with van der Waals surface area (Å²) in [5.41, 5.74) is 2.57. The van der Waals surface area contributed by atoms with Crippen molar-refractivity contribution in [3.8, 4) is 0 Å². The number of hydrogen-bond acceptors (Lipinski definition) is 9. The van der Waals surface area contributed by atoms with E-state index in [0.717, 1.165) is 0 Å². The van der Waals surface area contributed by atoms with E-state index >= 15 is 0 Å². The molecule has 4 atom stereocenters. The molecule has 0 aliphatic heterocycles. The fourth-order valence-corrected chi connectivity index (χ4v) is 4.48. The van der Waals surface area contributed by atoms with Crippen LogP contribution in [-0.4, -0.2) is 46.5 Å². The molecule has 2 aromatic rings. The number of non-ortho nitro benzene ring substituents is 1. The van der Waals surface area contributed by atoms with E-state index in [4.69, 9.17) is 9.47 Å². The summed E-state index contributed by atoms with van der Waals surface area (Å²) in [6.07, 6.45) is -0.0940. The Morgan fingerprint density at radius 3 is 2.26 bits per heavy atom. The number of aliphatic hydroxyl groups is 1. The molecule has 35 heavy (non-hydrogen) atoms. The minimum Gasteiger partial charge on any atom is -0.466 e. The number of hydrazone groups is 1. The quantitative estimate of drug-likeness (QED) is 0.329. The summed E-state index contributed by atoms with van der Waals surface area (Å²) in [4.78, 5) is 36.7. The predicted molar refractivity (Wildman–Crippen MR) is 129 cm³/mol. The number of rotatable bonds is 8. The summed E-state index contributed by atoms with van der Waals surface area (Å²) in [6.45, 7) is 5.13. The molecule has 0 amide bonds. The summed E-state index contributed by atoms with van der Waals surface area (Å²) in [6, 6.07) is 14.6. The number of ether oxygens (including phenoxy) is 2. The van der Waals surface area contributed by atoms with Crippen LogP contribution in [0.5, 0.6) is 0 Å². The van der Waals surface area contributed by atoms with Crippen LogP contribution in [0, 0.1) is 22.0 Å². The Kier molecular flexibility index (Phi) is 8.18. The molecule has 186 valence electrons. The Balaban J connectivity index is 2.09. The van der Waals surface area contributed by atoms with Gasteiger partial charge in [0.1, 0.15) is 5.92 Å². The van der Waals surface area contributed by atoms with E-state index in [2.05, 4.69) is 10.5 Å². The van der Waals surface area contributed by atoms with Crippen LogP contribution in [0.15, 0.2) is 59.7 Å². The minimum absolute atomic E-state index is 0.0744. The molecule has 1 saturated carbocycles. The van der Waals surface area contributed by atoms with E-state index in [1.807, 2.05) is 6.07 Å². The van der Waals surface area contributed by atoms with Gasteiger partial charge in [0.05, 0.1) is 41.1 Å². The first-order valence-electron chi connectivity index (χ1n) is 11.4. The highest BCUT2D eigenvalue weighted by atomic mass is 16.6. The highest BCUT2D eigenvalue weighted by Crippen LogP contribution is 2.47. The average molecular weight is 484 g/mol. The van der Waals surface area contributed by atoms with Gasteiger partial charge >= 0.3 is 11.9 Å². The Bertz CT molecular complexity index is 1080. The minimum atomic E-state index is -1.58. The smallest absolute Gasteiger partial charge is 0.315 e. The standard InChI is InChI=1S/C25H29N3O7/c1-4-34-23(29)21-19(27-26-17-11-13-18(14-12-17)28(32)33)15-25(3,31)22(24(30)35-5-2)20(21)16-9-7-6-8-10-16/h6-14,20-22,26,31H,4-5,15H2,1-3H3/b27-19-/t20-,21-,22+,25+/m1/s1. The van der Waals surface area contributed by atoms with Crippen molar-refractivity contribution in [3.05, 3.63) is 70.3 Å². The van der Waals surface area contributed by atoms with Crippen LogP contribution < -0.4 is 5.43 Å². The molecule has 10 heteroatoms. The molecule has 0 bridgehead atoms. The lowest BCUT2D eigenvalue weighted by Gasteiger charge is -2.45. The zero-order valence-corrected chi connectivity index (χ0v) is 19.8. The van der Waals surface area contributed by atoms with Crippen molar-refractivity contribution in [2.24, 2.45) is 16.9 Å². The highest BCUT2D eigenvalue weighted by molar-refractivity contribution is 6.06. The number of nitrogens with one attached hydrogen (secondary N) is 1. The molecular formula is C25H29N3O7. The monoisotopic (exact) mass is 483 g/mol. The van der Waals surface area contributed by atoms with Gasteiger partial charge in [0, 0.05) is 24.5 Å². The van der Waals surface area contributed by atoms with Crippen LogP contribution in [0.2, 0.25) is 0 Å². The number of nitrogens with zero attached hydrogens (tertiary/aromatic N) is 2. The van der Waals surface area contributed by atoms with Crippen molar-refractivity contribution in [2.75, 3.05) is 18.6 Å². The molecular weight excluding hydrogens is 454 g/mol. The lowest BCUT2D eigenvalue weighted by Crippen LogP contribution is -2.55. The molecule has 1 aliphatic rings. The molecule has 0 spiro atoms. The average Bonchev–Trinajstić information content (AvgIpc) is 2.82. The Hall–Kier alpha value is -3.79. The highest BCUT2D eigenvalue weighted by Gasteiger charge is 2.56. The number of carbonyl (C=O) groups excluding carboxylic acids is 2. The van der Waals surface area contributed by atoms with Crippen molar-refractivity contribution in [1.29, 1.82) is 0 Å². The first-order chi connectivity index (χ1) is 16.7. The molecule has 1 aliphatic carbocycles. The van der Waals surface area contributed by atoms with Gasteiger partial charge in [-0.2, -0.15) is 5.10 Å². The SMILES string of the molecule is CCOC(=O)[C@@H]1/C(=N\Nc2ccc([N+](=O)[O-])cc2)C[C@](C)(O)[C@H](C(=O)OCC)[C@@H]1c1ccccc1. The predicted octanol–water partition coefficient (Wildman–Crippen LogP) is 3.66. The number of esters is 2. The fraction of sp³-hybridized carbons (Fsp3) is 0.400. The molecule has 2 N–H and O–H groups in total. The van der Waals surface area contributed by atoms with Gasteiger partial charge < -0.3 is 14.6 Å². The third-order valence-electron chi connectivity index (χ3n) is 5.96. The molecule has 0 radical (unpaired) electrons. The molecule has 0 aromatic heterocycles. The van der Waals surface area contributed by atoms with Crippen LogP contribution in [0.3, 0.4) is 0 Å². The zero-order valence-electron chi connectivity index (χ0n) is 19.8. The second-order valence-corrected chi connectivity index (χ2v) is 8.45. The van der Waals surface area contributed by atoms with E-state index in [-0.39, 0.29) is 25.3 Å². The van der Waals surface area contributed by atoms with Crippen molar-refractivity contribution in [3.63, 3.8) is 0 Å². The summed E-state index contributed by atoms with van der Waals surface area (Å²) < 4.78 is 10.6. The summed E-state index contributed by atoms with van der Waals surface area (Å²) in [5, 5.41) is 26.7. The Morgan fingerprint density at radius 2 is 1.69 bits per heavy atom. The molecule has 0 saturated heterocycles. The van der Waals surface area contributed by atoms with E-state index < -0.39 is 40.2 Å². The number of nitro groups is 1. The second-order valence-electron chi connectivity index (χ2n) is 8.45. The van der Waals surface area contributed by atoms with E-state index in [1.54, 1.807) is 38.1 Å². The van der Waals surface area contributed by atoms with Gasteiger partial charge in [0.2, 0.25) is 0 Å². The first-order valence-corrected chi connectivity index (χ1v) is 11.4. The third-order valence-corrected chi connectivity index (χ3v) is 5.96. The largest absolute Gasteiger partial charge is 0.466 e. The van der Waals surface area contributed by atoms with E-state index in [1.165, 1.54) is 31.2 Å². The van der Waals surface area contributed by atoms with Crippen molar-refractivity contribution >= 4 is 29.0 Å². The fourth-order valence-electron chi connectivity index (χ4n) is 4.48. The second kappa shape index (κ2) is 11.1. The summed E-state index contributed by atoms with van der Waals surface area (Å²) in [5.74, 6) is -4.00. The van der Waals surface area contributed by atoms with Crippen molar-refractivity contribution in [2.45, 2.75) is 38.7 Å². The Labute approximate surface area is 203 Å². The van der Waals surface area contributed by atoms with E-state index in [9.17, 15) is 24.8 Å². The van der Waals surface area contributed by atoms with Crippen molar-refractivity contribution < 1.29 is 29.1 Å². The lowest BCUT2D eigenvalue weighted by molar-refractivity contribution is -0.384. The number of carbonyl (C=O) groups is 2. The van der Waals surface area contributed by atoms with Gasteiger partial charge in [0.15, 0.2) is 0 Å². The van der Waals surface area contributed by atoms with Crippen LogP contribution >= 0.6 is 0 Å². The molecule has 10 nitrogen and oxygen atoms in total. The molecule has 0 unspecified atom stereocenters. The van der Waals surface area contributed by atoms with Gasteiger partial charge in [-0.25, -0.2) is 0 Å². The summed E-state index contributed by atoms with van der Waals surface area (Å²) in [7, 11) is 0. The number of anilines is 1. The van der Waals surface area contributed by atoms with Crippen molar-refractivity contribution in [1.82, 2.24) is 0 Å². The normalized spacial score (nSPS) is 25.0. The first kappa shape index (κ1) is 25.8. The third kappa shape index (κ3) is 5.83. The topological polar surface area (TPSA) is 140 Å². The van der Waals surface area contributed by atoms with Crippen LogP contribution in [-0.2, 0) is 19.1 Å². The molecule has 0 heterocycles. The van der Waals surface area contributed by atoms with Crippen LogP contribution in [0.25, 0.3) is 0 Å². The molecule has 1 fully saturated rings. The molecule has 2 aromatic carbocycles. The number of nitro benzene ring substituents is 1. The summed E-state index contributed by atoms with van der Waals surface area (Å²) >= 11 is 0. The molecule has 3 rings (SSSR count). The van der Waals surface area contributed by atoms with Gasteiger partial charge in [0.25, 0.3) is 5.69 Å². The maximum atomic E-state index is 13.2. The maximum Gasteiger partial charge on any atom is 0.315 e. The van der Waals surface area contributed by atoms with E-state index in [0.29, 0.717) is 17.0 Å². The number of hydrogen-bond donors (Lipinski definition) is 2. The van der Waals surface area contributed by atoms with Gasteiger partial charge in [-0.05, 0) is 38.5 Å². The van der Waals surface area contributed by atoms with Gasteiger partial charge in [-0.15, -0.1) is 0 Å².